The maximum Gasteiger partial charge on any atom is 0.460 e. The molecule has 0 rings (SSSR count). The Kier molecular flexibility index (Phi) is 7.42. The molecule has 3 nitrogen and oxygen atoms in total. The number of aliphatic hydroxyl groups is 1. The van der Waals surface area contributed by atoms with Crippen LogP contribution in [0.1, 0.15) is 12.8 Å². The number of halogens is 9. The summed E-state index contributed by atoms with van der Waals surface area (Å²) in [4.78, 5) is 0. The van der Waals surface area contributed by atoms with E-state index in [0.29, 0.717) is 12.8 Å². The molecule has 134 valence electrons. The van der Waals surface area contributed by atoms with Gasteiger partial charge < -0.3 is 14.6 Å². The molecule has 0 fully saturated rings. The van der Waals surface area contributed by atoms with E-state index in [9.17, 15) is 39.5 Å². The van der Waals surface area contributed by atoms with Gasteiger partial charge in [0.1, 0.15) is 0 Å². The normalized spacial score (nSPS) is 14.5. The Balaban J connectivity index is 4.53. The first-order chi connectivity index (χ1) is 9.81. The number of hydrogen-bond donors (Lipinski definition) is 1. The number of hydrogen-bond acceptors (Lipinski definition) is 3. The molecule has 0 bridgehead atoms. The summed E-state index contributed by atoms with van der Waals surface area (Å²) in [7, 11) is 0. The van der Waals surface area contributed by atoms with Gasteiger partial charge in [0.15, 0.2) is 0 Å². The summed E-state index contributed by atoms with van der Waals surface area (Å²) in [5.74, 6) is -13.7. The fraction of sp³-hybridized carbons (Fsp3) is 1.00. The molecule has 0 radical (unpaired) electrons. The molecule has 0 spiro atoms. The Morgan fingerprint density at radius 2 is 1.23 bits per heavy atom. The minimum absolute atomic E-state index is 0.0649. The average molecular weight is 352 g/mol. The predicted octanol–water partition coefficient (Wildman–Crippen LogP) is 3.22. The van der Waals surface area contributed by atoms with Gasteiger partial charge >= 0.3 is 24.1 Å². The van der Waals surface area contributed by atoms with E-state index in [1.165, 1.54) is 0 Å². The van der Waals surface area contributed by atoms with Crippen LogP contribution in [0.15, 0.2) is 0 Å². The van der Waals surface area contributed by atoms with Gasteiger partial charge in [0, 0.05) is 13.2 Å². The third kappa shape index (κ3) is 4.88. The zero-order valence-electron chi connectivity index (χ0n) is 10.9. The van der Waals surface area contributed by atoms with Crippen molar-refractivity contribution in [2.45, 2.75) is 37.0 Å². The molecular weight excluding hydrogens is 339 g/mol. The molecular formula is C10H13F9O3. The van der Waals surface area contributed by atoms with Crippen molar-refractivity contribution < 1.29 is 54.1 Å². The molecule has 1 N–H and O–H groups in total. The van der Waals surface area contributed by atoms with E-state index in [1.54, 1.807) is 0 Å². The van der Waals surface area contributed by atoms with Crippen LogP contribution >= 0.6 is 0 Å². The predicted molar refractivity (Wildman–Crippen MR) is 54.0 cm³/mol. The first-order valence-electron chi connectivity index (χ1n) is 5.84. The lowest BCUT2D eigenvalue weighted by Crippen LogP contribution is -2.61. The second kappa shape index (κ2) is 7.68. The van der Waals surface area contributed by atoms with Crippen LogP contribution in [-0.2, 0) is 9.47 Å². The second-order valence-electron chi connectivity index (χ2n) is 4.05. The van der Waals surface area contributed by atoms with Gasteiger partial charge in [0.05, 0.1) is 13.2 Å². The number of aliphatic hydroxyl groups excluding tert-OH is 1. The van der Waals surface area contributed by atoms with Gasteiger partial charge in [0.25, 0.3) is 0 Å². The molecule has 12 heteroatoms. The summed E-state index contributed by atoms with van der Waals surface area (Å²) in [6.45, 7) is -2.29. The van der Waals surface area contributed by atoms with Crippen LogP contribution in [0.3, 0.4) is 0 Å². The van der Waals surface area contributed by atoms with E-state index in [2.05, 4.69) is 9.47 Å². The molecule has 0 aliphatic carbocycles. The van der Waals surface area contributed by atoms with Crippen molar-refractivity contribution in [3.63, 3.8) is 0 Å². The Morgan fingerprint density at radius 3 is 1.68 bits per heavy atom. The van der Waals surface area contributed by atoms with Crippen molar-refractivity contribution in [2.24, 2.45) is 0 Å². The standard InChI is InChI=1S/C10H13F9O3/c11-7(12,9(15,16)17)8(13,14)10(18,19)22-6-5-21-4-2-1-3-20/h20H,1-6H2. The van der Waals surface area contributed by atoms with Crippen LogP contribution in [0.5, 0.6) is 0 Å². The molecule has 0 aromatic rings. The van der Waals surface area contributed by atoms with Gasteiger partial charge in [0.2, 0.25) is 0 Å². The van der Waals surface area contributed by atoms with Crippen LogP contribution in [0.2, 0.25) is 0 Å². The zero-order valence-corrected chi connectivity index (χ0v) is 10.9. The highest BCUT2D eigenvalue weighted by molar-refractivity contribution is 4.96. The molecule has 0 aromatic heterocycles. The van der Waals surface area contributed by atoms with E-state index < -0.39 is 37.3 Å². The maximum atomic E-state index is 12.8. The molecule has 0 unspecified atom stereocenters. The van der Waals surface area contributed by atoms with E-state index in [-0.39, 0.29) is 13.2 Å². The zero-order chi connectivity index (χ0) is 17.7. The molecule has 0 saturated heterocycles. The molecule has 0 amide bonds. The van der Waals surface area contributed by atoms with Crippen LogP contribution in [0, 0.1) is 0 Å². The third-order valence-electron chi connectivity index (χ3n) is 2.32. The van der Waals surface area contributed by atoms with Gasteiger partial charge in [-0.1, -0.05) is 0 Å². The Bertz CT molecular complexity index is 330. The molecule has 0 aromatic carbocycles. The Morgan fingerprint density at radius 1 is 0.682 bits per heavy atom. The minimum atomic E-state index is -6.97. The molecule has 0 aliphatic rings. The minimum Gasteiger partial charge on any atom is -0.396 e. The smallest absolute Gasteiger partial charge is 0.396 e. The highest BCUT2D eigenvalue weighted by Crippen LogP contribution is 2.53. The lowest BCUT2D eigenvalue weighted by Gasteiger charge is -2.32. The van der Waals surface area contributed by atoms with Gasteiger partial charge in [-0.15, -0.1) is 0 Å². The van der Waals surface area contributed by atoms with E-state index in [4.69, 9.17) is 5.11 Å². The summed E-state index contributed by atoms with van der Waals surface area (Å²) >= 11 is 0. The Hall–Kier alpha value is -0.750. The van der Waals surface area contributed by atoms with Gasteiger partial charge in [-0.3, -0.25) is 0 Å². The molecule has 0 heterocycles. The first kappa shape index (κ1) is 21.2. The maximum absolute atomic E-state index is 12.8. The van der Waals surface area contributed by atoms with E-state index >= 15 is 0 Å². The van der Waals surface area contributed by atoms with Crippen molar-refractivity contribution in [3.05, 3.63) is 0 Å². The molecule has 0 aliphatic heterocycles. The van der Waals surface area contributed by atoms with Gasteiger partial charge in [-0.05, 0) is 12.8 Å². The first-order valence-corrected chi connectivity index (χ1v) is 5.84. The SMILES string of the molecule is OCCCCOCCOC(F)(F)C(F)(F)C(F)(F)C(F)(F)F. The van der Waals surface area contributed by atoms with E-state index in [1.807, 2.05) is 0 Å². The van der Waals surface area contributed by atoms with Crippen LogP contribution < -0.4 is 0 Å². The van der Waals surface area contributed by atoms with Crippen molar-refractivity contribution in [3.8, 4) is 0 Å². The fourth-order valence-corrected chi connectivity index (χ4v) is 1.10. The molecule has 0 atom stereocenters. The summed E-state index contributed by atoms with van der Waals surface area (Å²) in [6, 6.07) is 0. The topological polar surface area (TPSA) is 38.7 Å². The highest BCUT2D eigenvalue weighted by Gasteiger charge is 2.82. The monoisotopic (exact) mass is 352 g/mol. The van der Waals surface area contributed by atoms with E-state index in [0.717, 1.165) is 0 Å². The van der Waals surface area contributed by atoms with Crippen molar-refractivity contribution >= 4 is 0 Å². The lowest BCUT2D eigenvalue weighted by atomic mass is 10.1. The van der Waals surface area contributed by atoms with Crippen LogP contribution in [0.25, 0.3) is 0 Å². The summed E-state index contributed by atoms with van der Waals surface area (Å²) < 4.78 is 119. The molecule has 22 heavy (non-hydrogen) atoms. The quantitative estimate of drug-likeness (QED) is 0.485. The van der Waals surface area contributed by atoms with Crippen LogP contribution in [0.4, 0.5) is 39.5 Å². The molecule has 0 saturated carbocycles. The van der Waals surface area contributed by atoms with Gasteiger partial charge in [-0.2, -0.15) is 39.5 Å². The number of unbranched alkanes of at least 4 members (excludes halogenated alkanes) is 1. The largest absolute Gasteiger partial charge is 0.460 e. The van der Waals surface area contributed by atoms with Gasteiger partial charge in [-0.25, -0.2) is 0 Å². The van der Waals surface area contributed by atoms with Crippen LogP contribution in [-0.4, -0.2) is 55.7 Å². The third-order valence-corrected chi connectivity index (χ3v) is 2.32. The lowest BCUT2D eigenvalue weighted by molar-refractivity contribution is -0.444. The Labute approximate surface area is 119 Å². The summed E-state index contributed by atoms with van der Waals surface area (Å²) in [6.07, 6.45) is -12.3. The fourth-order valence-electron chi connectivity index (χ4n) is 1.10. The number of rotatable bonds is 10. The summed E-state index contributed by atoms with van der Waals surface area (Å²) in [5, 5.41) is 8.38. The van der Waals surface area contributed by atoms with Crippen molar-refractivity contribution in [2.75, 3.05) is 26.4 Å². The van der Waals surface area contributed by atoms with Crippen molar-refractivity contribution in [1.29, 1.82) is 0 Å². The number of ether oxygens (including phenoxy) is 2. The number of alkyl halides is 9. The van der Waals surface area contributed by atoms with Crippen molar-refractivity contribution in [1.82, 2.24) is 0 Å². The highest BCUT2D eigenvalue weighted by atomic mass is 19.4. The average Bonchev–Trinajstić information content (AvgIpc) is 2.35. The summed E-state index contributed by atoms with van der Waals surface area (Å²) in [5.41, 5.74) is 0. The second-order valence-corrected chi connectivity index (χ2v) is 4.05.